The number of methoxy groups -OCH3 is 1. The van der Waals surface area contributed by atoms with Gasteiger partial charge >= 0.3 is 0 Å². The first kappa shape index (κ1) is 30.1. The second kappa shape index (κ2) is 13.3. The van der Waals surface area contributed by atoms with Gasteiger partial charge in [-0.1, -0.05) is 49.2 Å². The Hall–Kier alpha value is -3.37. The van der Waals surface area contributed by atoms with Crippen molar-refractivity contribution in [1.29, 1.82) is 0 Å². The number of unbranched alkanes of at least 4 members (excludes halogenated alkanes) is 1. The van der Waals surface area contributed by atoms with Crippen LogP contribution in [0.4, 0.5) is 0 Å². The molecule has 4 aromatic rings. The third-order valence-corrected chi connectivity index (χ3v) is 9.16. The molecule has 8 nitrogen and oxygen atoms in total. The van der Waals surface area contributed by atoms with Gasteiger partial charge in [0, 0.05) is 35.7 Å². The quantitative estimate of drug-likeness (QED) is 0.187. The molecule has 0 aliphatic heterocycles. The van der Waals surface area contributed by atoms with E-state index in [1.165, 1.54) is 0 Å². The molecule has 0 fully saturated rings. The van der Waals surface area contributed by atoms with Gasteiger partial charge in [0.1, 0.15) is 17.9 Å². The number of nitrogens with zero attached hydrogens (tertiary/aromatic N) is 1. The maximum atomic E-state index is 14.1. The molecule has 1 aliphatic rings. The molecule has 0 radical (unpaired) electrons. The first-order chi connectivity index (χ1) is 20.3. The minimum atomic E-state index is -3.62. The number of nitrogens with one attached hydrogen (secondary N) is 1. The largest absolute Gasteiger partial charge is 0.491 e. The molecule has 42 heavy (non-hydrogen) atoms. The SMILES string of the molecule is CCCCNS(=O)(=O)c1ccc2c(c1)CC(N(Cc1cc(Cl)ccc1OCCOC)C(=O)c1cc3ccccc3o1)C2. The molecule has 0 spiro atoms. The van der Waals surface area contributed by atoms with Gasteiger partial charge in [-0.3, -0.25) is 4.79 Å². The van der Waals surface area contributed by atoms with Gasteiger partial charge in [0.25, 0.3) is 5.91 Å². The number of carbonyl (C=O) groups excluding carboxylic acids is 1. The molecular weight excluding hydrogens is 576 g/mol. The van der Waals surface area contributed by atoms with E-state index < -0.39 is 10.0 Å². The van der Waals surface area contributed by atoms with Crippen molar-refractivity contribution in [3.05, 3.63) is 94.2 Å². The summed E-state index contributed by atoms with van der Waals surface area (Å²) in [5.74, 6) is 0.584. The van der Waals surface area contributed by atoms with Crippen LogP contribution < -0.4 is 9.46 Å². The van der Waals surface area contributed by atoms with Gasteiger partial charge in [0.15, 0.2) is 5.76 Å². The molecule has 1 N–H and O–H groups in total. The van der Waals surface area contributed by atoms with E-state index in [1.54, 1.807) is 48.4 Å². The van der Waals surface area contributed by atoms with Gasteiger partial charge in [-0.05, 0) is 72.9 Å². The van der Waals surface area contributed by atoms with Gasteiger partial charge in [-0.15, -0.1) is 0 Å². The minimum Gasteiger partial charge on any atom is -0.491 e. The van der Waals surface area contributed by atoms with Gasteiger partial charge in [-0.25, -0.2) is 13.1 Å². The molecule has 1 atom stereocenters. The van der Waals surface area contributed by atoms with E-state index in [0.29, 0.717) is 49.0 Å². The summed E-state index contributed by atoms with van der Waals surface area (Å²) in [7, 11) is -2.02. The third kappa shape index (κ3) is 6.81. The number of rotatable bonds is 13. The van der Waals surface area contributed by atoms with E-state index in [2.05, 4.69) is 4.72 Å². The molecule has 1 aliphatic carbocycles. The fourth-order valence-corrected chi connectivity index (χ4v) is 6.57. The van der Waals surface area contributed by atoms with Crippen LogP contribution in [0.5, 0.6) is 5.75 Å². The number of sulfonamides is 1. The lowest BCUT2D eigenvalue weighted by atomic mass is 10.1. The number of fused-ring (bicyclic) bond motifs is 2. The first-order valence-corrected chi connectivity index (χ1v) is 16.0. The van der Waals surface area contributed by atoms with Crippen molar-refractivity contribution in [3.63, 3.8) is 0 Å². The molecule has 0 bridgehead atoms. The Morgan fingerprint density at radius 1 is 1.05 bits per heavy atom. The lowest BCUT2D eigenvalue weighted by Gasteiger charge is -2.29. The number of ether oxygens (including phenoxy) is 2. The highest BCUT2D eigenvalue weighted by atomic mass is 35.5. The zero-order chi connectivity index (χ0) is 29.7. The van der Waals surface area contributed by atoms with Gasteiger partial charge in [0.05, 0.1) is 18.0 Å². The number of benzene rings is 3. The molecule has 1 aromatic heterocycles. The molecule has 0 saturated carbocycles. The number of para-hydroxylation sites is 1. The van der Waals surface area contributed by atoms with Crippen LogP contribution >= 0.6 is 11.6 Å². The van der Waals surface area contributed by atoms with Crippen molar-refractivity contribution < 1.29 is 27.1 Å². The highest BCUT2D eigenvalue weighted by Crippen LogP contribution is 2.33. The van der Waals surface area contributed by atoms with Gasteiger partial charge in [-0.2, -0.15) is 0 Å². The fraction of sp³-hybridized carbons (Fsp3) is 0.344. The van der Waals surface area contributed by atoms with Crippen LogP contribution in [0.1, 0.15) is 47.0 Å². The van der Waals surface area contributed by atoms with Crippen LogP contribution in [0.25, 0.3) is 11.0 Å². The predicted molar refractivity (Wildman–Crippen MR) is 163 cm³/mol. The smallest absolute Gasteiger partial charge is 0.290 e. The van der Waals surface area contributed by atoms with Gasteiger partial charge < -0.3 is 18.8 Å². The summed E-state index contributed by atoms with van der Waals surface area (Å²) in [5, 5.41) is 1.37. The number of carbonyl (C=O) groups is 1. The zero-order valence-electron chi connectivity index (χ0n) is 23.8. The Bertz CT molecular complexity index is 1640. The van der Waals surface area contributed by atoms with Crippen molar-refractivity contribution in [3.8, 4) is 5.75 Å². The maximum absolute atomic E-state index is 14.1. The highest BCUT2D eigenvalue weighted by molar-refractivity contribution is 7.89. The van der Waals surface area contributed by atoms with Gasteiger partial charge in [0.2, 0.25) is 10.0 Å². The second-order valence-electron chi connectivity index (χ2n) is 10.4. The van der Waals surface area contributed by atoms with Crippen molar-refractivity contribution >= 4 is 38.5 Å². The molecule has 10 heteroatoms. The van der Waals surface area contributed by atoms with Crippen LogP contribution in [0.15, 0.2) is 76.0 Å². The summed E-state index contributed by atoms with van der Waals surface area (Å²) in [6.07, 6.45) is 2.74. The van der Waals surface area contributed by atoms with E-state index in [-0.39, 0.29) is 29.1 Å². The van der Waals surface area contributed by atoms with Crippen LogP contribution in [0, 0.1) is 0 Å². The minimum absolute atomic E-state index is 0.223. The lowest BCUT2D eigenvalue weighted by Crippen LogP contribution is -2.40. The summed E-state index contributed by atoms with van der Waals surface area (Å²) in [6.45, 7) is 3.40. The van der Waals surface area contributed by atoms with E-state index >= 15 is 0 Å². The van der Waals surface area contributed by atoms with Crippen LogP contribution in [-0.4, -0.2) is 52.1 Å². The standard InChI is InChI=1S/C32H35ClN2O6S/c1-3-4-13-34-42(37,38)28-11-9-22-17-27(18-24(22)19-28)35(32(36)31-20-23-7-5-6-8-30(23)41-31)21-25-16-26(33)10-12-29(25)40-15-14-39-2/h5-12,16,19-20,27,34H,3-4,13-15,17-18,21H2,1-2H3. The van der Waals surface area contributed by atoms with E-state index in [4.69, 9.17) is 25.5 Å². The van der Waals surface area contributed by atoms with Crippen molar-refractivity contribution in [2.75, 3.05) is 26.9 Å². The number of halogens is 1. The van der Waals surface area contributed by atoms with E-state index in [9.17, 15) is 13.2 Å². The molecule has 3 aromatic carbocycles. The molecule has 5 rings (SSSR count). The van der Waals surface area contributed by atoms with Crippen molar-refractivity contribution in [2.45, 2.75) is 50.1 Å². The first-order valence-electron chi connectivity index (χ1n) is 14.1. The normalized spacial score (nSPS) is 14.7. The average Bonchev–Trinajstić information content (AvgIpc) is 3.61. The summed E-state index contributed by atoms with van der Waals surface area (Å²) in [6, 6.07) is 19.6. The van der Waals surface area contributed by atoms with E-state index in [1.807, 2.05) is 37.3 Å². The Kier molecular flexibility index (Phi) is 9.53. The third-order valence-electron chi connectivity index (χ3n) is 7.47. The van der Waals surface area contributed by atoms with Crippen LogP contribution in [0.3, 0.4) is 0 Å². The number of hydrogen-bond acceptors (Lipinski definition) is 6. The number of amides is 1. The Morgan fingerprint density at radius 2 is 1.86 bits per heavy atom. The predicted octanol–water partition coefficient (Wildman–Crippen LogP) is 6.00. The zero-order valence-corrected chi connectivity index (χ0v) is 25.3. The topological polar surface area (TPSA) is 98.1 Å². The maximum Gasteiger partial charge on any atom is 0.290 e. The fourth-order valence-electron chi connectivity index (χ4n) is 5.25. The van der Waals surface area contributed by atoms with Crippen molar-refractivity contribution in [1.82, 2.24) is 9.62 Å². The van der Waals surface area contributed by atoms with E-state index in [0.717, 1.165) is 34.9 Å². The number of furan rings is 1. The second-order valence-corrected chi connectivity index (χ2v) is 12.6. The highest BCUT2D eigenvalue weighted by Gasteiger charge is 2.33. The molecule has 222 valence electrons. The summed E-state index contributed by atoms with van der Waals surface area (Å²) >= 11 is 6.38. The van der Waals surface area contributed by atoms with Crippen molar-refractivity contribution in [2.24, 2.45) is 0 Å². The number of hydrogen-bond donors (Lipinski definition) is 1. The summed E-state index contributed by atoms with van der Waals surface area (Å²) in [4.78, 5) is 16.1. The van der Waals surface area contributed by atoms with Crippen LogP contribution in [-0.2, 0) is 34.1 Å². The molecular formula is C32H35ClN2O6S. The molecule has 1 amide bonds. The molecule has 1 heterocycles. The average molecular weight is 611 g/mol. The Morgan fingerprint density at radius 3 is 2.64 bits per heavy atom. The Labute approximate surface area is 251 Å². The molecule has 0 saturated heterocycles. The summed E-state index contributed by atoms with van der Waals surface area (Å²) < 4.78 is 45.5. The monoisotopic (exact) mass is 610 g/mol. The van der Waals surface area contributed by atoms with Crippen LogP contribution in [0.2, 0.25) is 5.02 Å². The lowest BCUT2D eigenvalue weighted by molar-refractivity contribution is 0.0634. The Balaban J connectivity index is 1.46. The molecule has 1 unspecified atom stereocenters. The summed E-state index contributed by atoms with van der Waals surface area (Å²) in [5.41, 5.74) is 3.30.